The Hall–Kier alpha value is 0.0500. The van der Waals surface area contributed by atoms with Gasteiger partial charge in [0.25, 0.3) is 0 Å². The molecule has 1 saturated heterocycles. The second-order valence-corrected chi connectivity index (χ2v) is 5.09. The first-order valence-corrected chi connectivity index (χ1v) is 6.89. The zero-order valence-corrected chi connectivity index (χ0v) is 10.9. The molecule has 1 fully saturated rings. The summed E-state index contributed by atoms with van der Waals surface area (Å²) in [7, 11) is 0. The van der Waals surface area contributed by atoms with Crippen LogP contribution in [0.2, 0.25) is 0 Å². The predicted molar refractivity (Wildman–Crippen MR) is 71.7 cm³/mol. The topological polar surface area (TPSA) is 3.24 Å². The summed E-state index contributed by atoms with van der Waals surface area (Å²) in [6.07, 6.45) is 6.94. The molecule has 1 nitrogen and oxygen atoms in total. The Balaban J connectivity index is 2.29. The van der Waals surface area contributed by atoms with Crippen molar-refractivity contribution in [3.05, 3.63) is 12.2 Å². The fraction of sp³-hybridized carbons (Fsp3) is 0.846. The molecule has 0 spiro atoms. The number of hydrogen-bond donors (Lipinski definition) is 1. The SMILES string of the molecule is C=C(CS)CN1CCCC(CCC)CC1. The highest BCUT2D eigenvalue weighted by Crippen LogP contribution is 2.22. The lowest BCUT2D eigenvalue weighted by molar-refractivity contribution is 0.302. The predicted octanol–water partition coefficient (Wildman–Crippen LogP) is 3.37. The molecule has 0 saturated carbocycles. The van der Waals surface area contributed by atoms with Gasteiger partial charge in [0.05, 0.1) is 0 Å². The van der Waals surface area contributed by atoms with E-state index in [4.69, 9.17) is 0 Å². The average molecular weight is 227 g/mol. The molecule has 15 heavy (non-hydrogen) atoms. The van der Waals surface area contributed by atoms with Crippen LogP contribution in [0.4, 0.5) is 0 Å². The lowest BCUT2D eigenvalue weighted by Crippen LogP contribution is -2.27. The summed E-state index contributed by atoms with van der Waals surface area (Å²) in [5.74, 6) is 1.80. The molecule has 0 aromatic rings. The summed E-state index contributed by atoms with van der Waals surface area (Å²) in [4.78, 5) is 2.55. The van der Waals surface area contributed by atoms with Crippen molar-refractivity contribution in [3.63, 3.8) is 0 Å². The normalized spacial score (nSPS) is 23.7. The number of hydrogen-bond acceptors (Lipinski definition) is 2. The molecule has 1 aliphatic heterocycles. The molecule has 0 aliphatic carbocycles. The first-order chi connectivity index (χ1) is 7.26. The molecule has 2 heteroatoms. The van der Waals surface area contributed by atoms with E-state index in [1.54, 1.807) is 0 Å². The van der Waals surface area contributed by atoms with Gasteiger partial charge in [0.1, 0.15) is 0 Å². The van der Waals surface area contributed by atoms with Crippen molar-refractivity contribution in [3.8, 4) is 0 Å². The molecule has 0 amide bonds. The van der Waals surface area contributed by atoms with E-state index in [2.05, 4.69) is 31.0 Å². The van der Waals surface area contributed by atoms with E-state index < -0.39 is 0 Å². The van der Waals surface area contributed by atoms with Gasteiger partial charge in [-0.25, -0.2) is 0 Å². The van der Waals surface area contributed by atoms with Crippen molar-refractivity contribution in [1.29, 1.82) is 0 Å². The standard InChI is InChI=1S/C13H25NS/c1-3-5-13-6-4-8-14(9-7-13)10-12(2)11-15/h13,15H,2-11H2,1H3. The lowest BCUT2D eigenvalue weighted by Gasteiger charge is -2.20. The van der Waals surface area contributed by atoms with Gasteiger partial charge >= 0.3 is 0 Å². The summed E-state index contributed by atoms with van der Waals surface area (Å²) in [5.41, 5.74) is 1.26. The van der Waals surface area contributed by atoms with Crippen LogP contribution in [0.15, 0.2) is 12.2 Å². The maximum atomic E-state index is 4.27. The zero-order valence-electron chi connectivity index (χ0n) is 10.0. The van der Waals surface area contributed by atoms with Crippen LogP contribution in [0.5, 0.6) is 0 Å². The molecule has 0 aromatic carbocycles. The van der Waals surface area contributed by atoms with Gasteiger partial charge in [0, 0.05) is 12.3 Å². The van der Waals surface area contributed by atoms with Crippen molar-refractivity contribution < 1.29 is 0 Å². The molecule has 88 valence electrons. The third kappa shape index (κ3) is 5.07. The Morgan fingerprint density at radius 2 is 2.20 bits per heavy atom. The minimum absolute atomic E-state index is 0.828. The molecule has 0 bridgehead atoms. The van der Waals surface area contributed by atoms with Gasteiger partial charge in [0.2, 0.25) is 0 Å². The van der Waals surface area contributed by atoms with E-state index in [1.165, 1.54) is 50.8 Å². The van der Waals surface area contributed by atoms with E-state index >= 15 is 0 Å². The molecule has 1 heterocycles. The highest BCUT2D eigenvalue weighted by atomic mass is 32.1. The van der Waals surface area contributed by atoms with E-state index in [9.17, 15) is 0 Å². The largest absolute Gasteiger partial charge is 0.299 e. The smallest absolute Gasteiger partial charge is 0.0198 e. The summed E-state index contributed by atoms with van der Waals surface area (Å²) in [6, 6.07) is 0. The van der Waals surface area contributed by atoms with E-state index in [1.807, 2.05) is 0 Å². The van der Waals surface area contributed by atoms with Gasteiger partial charge in [0.15, 0.2) is 0 Å². The maximum Gasteiger partial charge on any atom is 0.0198 e. The molecule has 1 unspecified atom stereocenters. The third-order valence-corrected chi connectivity index (χ3v) is 3.76. The number of likely N-dealkylation sites (tertiary alicyclic amines) is 1. The molecule has 0 N–H and O–H groups in total. The highest BCUT2D eigenvalue weighted by molar-refractivity contribution is 7.80. The van der Waals surface area contributed by atoms with Crippen molar-refractivity contribution in [1.82, 2.24) is 4.90 Å². The van der Waals surface area contributed by atoms with E-state index in [-0.39, 0.29) is 0 Å². The highest BCUT2D eigenvalue weighted by Gasteiger charge is 2.16. The lowest BCUT2D eigenvalue weighted by atomic mass is 9.96. The minimum atomic E-state index is 0.828. The molecule has 1 rings (SSSR count). The third-order valence-electron chi connectivity index (χ3n) is 3.31. The van der Waals surface area contributed by atoms with Gasteiger partial charge in [-0.2, -0.15) is 12.6 Å². The summed E-state index contributed by atoms with van der Waals surface area (Å²) in [5, 5.41) is 0. The summed E-state index contributed by atoms with van der Waals surface area (Å²) < 4.78 is 0. The Bertz CT molecular complexity index is 191. The van der Waals surface area contributed by atoms with Crippen LogP contribution < -0.4 is 0 Å². The zero-order chi connectivity index (χ0) is 11.1. The first-order valence-electron chi connectivity index (χ1n) is 6.26. The van der Waals surface area contributed by atoms with Crippen LogP contribution >= 0.6 is 12.6 Å². The number of nitrogens with zero attached hydrogens (tertiary/aromatic N) is 1. The number of thiol groups is 1. The number of rotatable bonds is 5. The molecule has 0 radical (unpaired) electrons. The van der Waals surface area contributed by atoms with Crippen LogP contribution in [0, 0.1) is 5.92 Å². The van der Waals surface area contributed by atoms with Crippen LogP contribution in [0.1, 0.15) is 39.0 Å². The van der Waals surface area contributed by atoms with Crippen molar-refractivity contribution >= 4 is 12.6 Å². The molecular weight excluding hydrogens is 202 g/mol. The van der Waals surface area contributed by atoms with Crippen LogP contribution in [-0.2, 0) is 0 Å². The Kier molecular flexibility index (Phi) is 6.42. The molecule has 1 aliphatic rings. The van der Waals surface area contributed by atoms with Crippen molar-refractivity contribution in [2.75, 3.05) is 25.4 Å². The van der Waals surface area contributed by atoms with Crippen molar-refractivity contribution in [2.45, 2.75) is 39.0 Å². The first kappa shape index (κ1) is 13.1. The molecular formula is C13H25NS. The van der Waals surface area contributed by atoms with Crippen molar-refractivity contribution in [2.24, 2.45) is 5.92 Å². The Morgan fingerprint density at radius 1 is 1.40 bits per heavy atom. The van der Waals surface area contributed by atoms with E-state index in [0.717, 1.165) is 18.2 Å². The maximum absolute atomic E-state index is 4.27. The monoisotopic (exact) mass is 227 g/mol. The van der Waals surface area contributed by atoms with Gasteiger partial charge in [-0.05, 0) is 38.3 Å². The summed E-state index contributed by atoms with van der Waals surface area (Å²) in [6.45, 7) is 9.91. The quantitative estimate of drug-likeness (QED) is 0.557. The van der Waals surface area contributed by atoms with Gasteiger partial charge in [-0.1, -0.05) is 31.9 Å². The average Bonchev–Trinajstić information content (AvgIpc) is 2.45. The minimum Gasteiger partial charge on any atom is -0.299 e. The Morgan fingerprint density at radius 3 is 2.87 bits per heavy atom. The van der Waals surface area contributed by atoms with Gasteiger partial charge in [-0.15, -0.1) is 0 Å². The van der Waals surface area contributed by atoms with Gasteiger partial charge < -0.3 is 0 Å². The molecule has 1 atom stereocenters. The fourth-order valence-corrected chi connectivity index (χ4v) is 2.55. The summed E-state index contributed by atoms with van der Waals surface area (Å²) >= 11 is 4.27. The second-order valence-electron chi connectivity index (χ2n) is 4.77. The van der Waals surface area contributed by atoms with Crippen LogP contribution in [0.3, 0.4) is 0 Å². The van der Waals surface area contributed by atoms with Crippen LogP contribution in [-0.4, -0.2) is 30.3 Å². The Labute approximate surface area is 100 Å². The molecule has 0 aromatic heterocycles. The second kappa shape index (κ2) is 7.34. The van der Waals surface area contributed by atoms with Crippen LogP contribution in [0.25, 0.3) is 0 Å². The van der Waals surface area contributed by atoms with E-state index in [0.29, 0.717) is 0 Å². The fourth-order valence-electron chi connectivity index (χ4n) is 2.45. The van der Waals surface area contributed by atoms with Gasteiger partial charge in [-0.3, -0.25) is 4.90 Å².